The van der Waals surface area contributed by atoms with Crippen molar-refractivity contribution in [3.05, 3.63) is 23.8 Å². The summed E-state index contributed by atoms with van der Waals surface area (Å²) in [6.45, 7) is 2.30. The van der Waals surface area contributed by atoms with Crippen molar-refractivity contribution in [3.63, 3.8) is 0 Å². The first-order chi connectivity index (χ1) is 8.15. The van der Waals surface area contributed by atoms with Crippen LogP contribution in [0.25, 0.3) is 0 Å². The second-order valence-corrected chi connectivity index (χ2v) is 6.99. The quantitative estimate of drug-likeness (QED) is 0.429. The van der Waals surface area contributed by atoms with E-state index in [0.717, 1.165) is 5.57 Å². The largest absolute Gasteiger partial charge is 0.463 e. The standard InChI is InChI=1S/C13H14Br2O2/c1-2-17-13(16)8-5-6-3-4-7(8)10-9(6)11(14)12(10)15/h3-7,9-12H,2H2,1H3/t6-,7+,9+,10+,11-,12+/m0/s1. The molecule has 0 amide bonds. The number of carbonyl (C=O) groups is 1. The van der Waals surface area contributed by atoms with Gasteiger partial charge in [0.2, 0.25) is 0 Å². The zero-order valence-electron chi connectivity index (χ0n) is 9.48. The van der Waals surface area contributed by atoms with Crippen LogP contribution in [0.5, 0.6) is 0 Å². The molecule has 92 valence electrons. The number of allylic oxidation sites excluding steroid dienone is 3. The van der Waals surface area contributed by atoms with Crippen molar-refractivity contribution in [2.45, 2.75) is 16.6 Å². The first kappa shape index (κ1) is 12.0. The van der Waals surface area contributed by atoms with Crippen LogP contribution in [0, 0.1) is 23.7 Å². The molecule has 0 radical (unpaired) electrons. The minimum atomic E-state index is -0.136. The highest BCUT2D eigenvalue weighted by Gasteiger charge is 2.58. The van der Waals surface area contributed by atoms with Crippen LogP contribution >= 0.6 is 31.9 Å². The van der Waals surface area contributed by atoms with Gasteiger partial charge in [0.15, 0.2) is 0 Å². The molecule has 0 aliphatic heterocycles. The Morgan fingerprint density at radius 2 is 2.00 bits per heavy atom. The van der Waals surface area contributed by atoms with Crippen LogP contribution in [0.2, 0.25) is 0 Å². The fourth-order valence-electron chi connectivity index (χ4n) is 3.33. The van der Waals surface area contributed by atoms with Crippen molar-refractivity contribution in [3.8, 4) is 0 Å². The lowest BCUT2D eigenvalue weighted by Gasteiger charge is -2.57. The third kappa shape index (κ3) is 1.60. The van der Waals surface area contributed by atoms with Gasteiger partial charge in [-0.15, -0.1) is 0 Å². The molecule has 4 aliphatic carbocycles. The summed E-state index contributed by atoms with van der Waals surface area (Å²) in [5.74, 6) is 1.67. The number of hydrogen-bond donors (Lipinski definition) is 0. The molecule has 4 rings (SSSR count). The Bertz CT molecular complexity index is 416. The Morgan fingerprint density at radius 3 is 2.71 bits per heavy atom. The van der Waals surface area contributed by atoms with Crippen molar-refractivity contribution in [2.75, 3.05) is 6.61 Å². The minimum Gasteiger partial charge on any atom is -0.463 e. The Hall–Kier alpha value is -0.0900. The lowest BCUT2D eigenvalue weighted by Crippen LogP contribution is -2.58. The molecule has 0 aromatic carbocycles. The summed E-state index contributed by atoms with van der Waals surface area (Å²) >= 11 is 7.46. The van der Waals surface area contributed by atoms with Gasteiger partial charge in [0.1, 0.15) is 0 Å². The van der Waals surface area contributed by atoms with Crippen LogP contribution in [0.1, 0.15) is 6.92 Å². The third-order valence-electron chi connectivity index (χ3n) is 4.13. The predicted molar refractivity (Wildman–Crippen MR) is 73.2 cm³/mol. The van der Waals surface area contributed by atoms with Gasteiger partial charge in [0.05, 0.1) is 6.61 Å². The van der Waals surface area contributed by atoms with Gasteiger partial charge in [-0.25, -0.2) is 4.79 Å². The van der Waals surface area contributed by atoms with Crippen LogP contribution < -0.4 is 0 Å². The van der Waals surface area contributed by atoms with Gasteiger partial charge in [0, 0.05) is 21.1 Å². The van der Waals surface area contributed by atoms with Crippen LogP contribution in [-0.2, 0) is 9.53 Å². The summed E-state index contributed by atoms with van der Waals surface area (Å²) in [6, 6.07) is 0. The SMILES string of the molecule is CCOC(=O)C1=C[C@@H]2C=C[C@H]1[C@H]1[C@@H](Br)[C@@H](Br)[C@H]21. The lowest BCUT2D eigenvalue weighted by molar-refractivity contribution is -0.139. The Kier molecular flexibility index (Phi) is 2.98. The molecule has 0 spiro atoms. The second kappa shape index (κ2) is 4.23. The van der Waals surface area contributed by atoms with E-state index in [-0.39, 0.29) is 11.9 Å². The van der Waals surface area contributed by atoms with Crippen molar-refractivity contribution in [1.82, 2.24) is 0 Å². The maximum Gasteiger partial charge on any atom is 0.334 e. The summed E-state index contributed by atoms with van der Waals surface area (Å²) in [7, 11) is 0. The molecule has 0 N–H and O–H groups in total. The number of esters is 1. The van der Waals surface area contributed by atoms with Crippen LogP contribution in [0.3, 0.4) is 0 Å². The fraction of sp³-hybridized carbons (Fsp3) is 0.615. The maximum absolute atomic E-state index is 11.9. The zero-order valence-corrected chi connectivity index (χ0v) is 12.6. The van der Waals surface area contributed by atoms with Crippen LogP contribution in [0.4, 0.5) is 0 Å². The topological polar surface area (TPSA) is 26.3 Å². The van der Waals surface area contributed by atoms with Crippen LogP contribution in [0.15, 0.2) is 23.8 Å². The van der Waals surface area contributed by atoms with Gasteiger partial charge in [-0.3, -0.25) is 0 Å². The monoisotopic (exact) mass is 360 g/mol. The van der Waals surface area contributed by atoms with Crippen molar-refractivity contribution < 1.29 is 9.53 Å². The van der Waals surface area contributed by atoms with Gasteiger partial charge >= 0.3 is 5.97 Å². The predicted octanol–water partition coefficient (Wildman–Crippen LogP) is 3.06. The molecule has 4 heteroatoms. The molecule has 6 atom stereocenters. The fourth-order valence-corrected chi connectivity index (χ4v) is 5.42. The highest BCUT2D eigenvalue weighted by Crippen LogP contribution is 2.59. The number of carbonyl (C=O) groups excluding carboxylic acids is 1. The van der Waals surface area contributed by atoms with E-state index >= 15 is 0 Å². The van der Waals surface area contributed by atoms with E-state index in [1.165, 1.54) is 0 Å². The molecule has 0 unspecified atom stereocenters. The minimum absolute atomic E-state index is 0.136. The van der Waals surface area contributed by atoms with E-state index in [1.807, 2.05) is 6.92 Å². The van der Waals surface area contributed by atoms with Crippen molar-refractivity contribution in [1.29, 1.82) is 0 Å². The molecule has 1 fully saturated rings. The molecule has 0 aromatic heterocycles. The number of ether oxygens (including phenoxy) is 1. The number of hydrogen-bond acceptors (Lipinski definition) is 2. The summed E-state index contributed by atoms with van der Waals surface area (Å²) in [6.07, 6.45) is 6.53. The lowest BCUT2D eigenvalue weighted by atomic mass is 9.53. The van der Waals surface area contributed by atoms with E-state index in [4.69, 9.17) is 4.74 Å². The Balaban J connectivity index is 1.89. The van der Waals surface area contributed by atoms with E-state index < -0.39 is 0 Å². The zero-order chi connectivity index (χ0) is 12.2. The summed E-state index contributed by atoms with van der Waals surface area (Å²) < 4.78 is 5.14. The second-order valence-electron chi connectivity index (χ2n) is 4.87. The van der Waals surface area contributed by atoms with E-state index in [0.29, 0.717) is 34.0 Å². The molecular weight excluding hydrogens is 348 g/mol. The third-order valence-corrected chi connectivity index (χ3v) is 7.20. The van der Waals surface area contributed by atoms with Gasteiger partial charge in [-0.2, -0.15) is 0 Å². The molecule has 17 heavy (non-hydrogen) atoms. The first-order valence-electron chi connectivity index (χ1n) is 6.00. The number of halogens is 2. The number of rotatable bonds is 2. The molecule has 2 nitrogen and oxygen atoms in total. The summed E-state index contributed by atoms with van der Waals surface area (Å²) in [5.41, 5.74) is 0.865. The van der Waals surface area contributed by atoms with Crippen molar-refractivity contribution >= 4 is 37.8 Å². The van der Waals surface area contributed by atoms with Crippen molar-refractivity contribution in [2.24, 2.45) is 23.7 Å². The summed E-state index contributed by atoms with van der Waals surface area (Å²) in [4.78, 5) is 12.9. The van der Waals surface area contributed by atoms with E-state index in [1.54, 1.807) is 0 Å². The molecule has 1 saturated carbocycles. The molecule has 2 bridgehead atoms. The average molecular weight is 362 g/mol. The molecule has 4 aliphatic rings. The smallest absolute Gasteiger partial charge is 0.334 e. The highest BCUT2D eigenvalue weighted by atomic mass is 79.9. The molecular formula is C13H14Br2O2. The van der Waals surface area contributed by atoms with Crippen LogP contribution in [-0.4, -0.2) is 22.2 Å². The average Bonchev–Trinajstić information content (AvgIpc) is 2.37. The highest BCUT2D eigenvalue weighted by molar-refractivity contribution is 9.12. The van der Waals surface area contributed by atoms with Gasteiger partial charge in [-0.1, -0.05) is 50.1 Å². The Labute approximate surface area is 118 Å². The maximum atomic E-state index is 11.9. The van der Waals surface area contributed by atoms with Gasteiger partial charge < -0.3 is 4.74 Å². The summed E-state index contributed by atoms with van der Waals surface area (Å²) in [5, 5.41) is 0. The first-order valence-corrected chi connectivity index (χ1v) is 7.83. The number of alkyl halides is 2. The van der Waals surface area contributed by atoms with Gasteiger partial charge in [-0.05, 0) is 24.7 Å². The molecule has 0 heterocycles. The molecule has 0 aromatic rings. The normalized spacial score (nSPS) is 45.9. The Morgan fingerprint density at radius 1 is 1.29 bits per heavy atom. The van der Waals surface area contributed by atoms with E-state index in [2.05, 4.69) is 50.1 Å². The van der Waals surface area contributed by atoms with Gasteiger partial charge in [0.25, 0.3) is 0 Å². The molecule has 0 saturated heterocycles. The van der Waals surface area contributed by atoms with E-state index in [9.17, 15) is 4.79 Å².